The minimum absolute atomic E-state index is 0.118. The van der Waals surface area contributed by atoms with E-state index in [1.165, 1.54) is 23.3 Å². The molecule has 0 aromatic heterocycles. The summed E-state index contributed by atoms with van der Waals surface area (Å²) in [7, 11) is 4.47. The van der Waals surface area contributed by atoms with E-state index in [0.29, 0.717) is 47.4 Å². The second kappa shape index (κ2) is 34.0. The van der Waals surface area contributed by atoms with Gasteiger partial charge in [-0.2, -0.15) is 26.3 Å². The number of piperazine rings is 2. The summed E-state index contributed by atoms with van der Waals surface area (Å²) in [5, 5.41) is 30.6. The third kappa shape index (κ3) is 23.6. The molecule has 2 heterocycles. The van der Waals surface area contributed by atoms with Gasteiger partial charge in [-0.15, -0.1) is 0 Å². The Morgan fingerprint density at radius 1 is 0.500 bits per heavy atom. The first-order valence-electron chi connectivity index (χ1n) is 30.1. The third-order valence-electron chi connectivity index (χ3n) is 16.2. The number of nitrogens with zero attached hydrogens (tertiary/aromatic N) is 4. The number of benzene rings is 6. The van der Waals surface area contributed by atoms with Crippen LogP contribution >= 0.6 is 0 Å². The predicted octanol–water partition coefficient (Wildman–Crippen LogP) is 9.00. The van der Waals surface area contributed by atoms with E-state index >= 15 is 0 Å². The SMILES string of the molecule is CC[N+](C)(CC)Cc1cccc(C(=O)NCc2ccc(F)c(-c3cccc(CN4CCN[C@@H](C)C4)c3)c2)c1.CC[N+](C)(CC)Cc1cccc(C(=O)NCc2ccc(F)c(-c3cccc(CN4CCN[C@@H](C)C4)c3)c2)c1.O=C([O-])C(F)(F)F.O=C([O-])C(F)(F)F. The van der Waals surface area contributed by atoms with Crippen LogP contribution in [-0.4, -0.2) is 146 Å². The van der Waals surface area contributed by atoms with Crippen LogP contribution in [0.25, 0.3) is 22.3 Å². The van der Waals surface area contributed by atoms with E-state index < -0.39 is 24.3 Å². The number of carboxylic acids is 2. The van der Waals surface area contributed by atoms with Crippen molar-refractivity contribution >= 4 is 23.8 Å². The van der Waals surface area contributed by atoms with E-state index in [4.69, 9.17) is 19.8 Å². The lowest BCUT2D eigenvalue weighted by Gasteiger charge is -2.32. The van der Waals surface area contributed by atoms with Crippen molar-refractivity contribution in [1.29, 1.82) is 0 Å². The number of carbonyl (C=O) groups is 4. The number of hydrogen-bond acceptors (Lipinski definition) is 10. The molecule has 2 aliphatic heterocycles. The first kappa shape index (κ1) is 73.1. The highest BCUT2D eigenvalue weighted by Gasteiger charge is 2.30. The van der Waals surface area contributed by atoms with E-state index in [-0.39, 0.29) is 23.4 Å². The second-order valence-corrected chi connectivity index (χ2v) is 23.4. The molecule has 6 aromatic rings. The monoisotopic (exact) mass is 1260 g/mol. The average molecular weight is 1260 g/mol. The fourth-order valence-corrected chi connectivity index (χ4v) is 10.3. The summed E-state index contributed by atoms with van der Waals surface area (Å²) in [6.45, 7) is 27.5. The van der Waals surface area contributed by atoms with Gasteiger partial charge < -0.3 is 50.0 Å². The van der Waals surface area contributed by atoms with Gasteiger partial charge in [0.25, 0.3) is 11.8 Å². The Morgan fingerprint density at radius 3 is 1.16 bits per heavy atom. The van der Waals surface area contributed by atoms with Crippen molar-refractivity contribution in [2.24, 2.45) is 0 Å². The smallest absolute Gasteiger partial charge is 0.430 e. The summed E-state index contributed by atoms with van der Waals surface area (Å²) in [6.07, 6.45) is -10.4. The number of carboxylic acid groups (broad SMARTS) is 2. The molecule has 0 aliphatic carbocycles. The van der Waals surface area contributed by atoms with Crippen LogP contribution in [0, 0.1) is 11.6 Å². The van der Waals surface area contributed by atoms with Crippen LogP contribution in [0.2, 0.25) is 0 Å². The number of nitrogens with one attached hydrogen (secondary N) is 4. The molecular weight excluding hydrogens is 1180 g/mol. The largest absolute Gasteiger partial charge is 0.542 e. The molecule has 14 nitrogen and oxygen atoms in total. The summed E-state index contributed by atoms with van der Waals surface area (Å²) < 4.78 is 94.7. The molecule has 0 spiro atoms. The van der Waals surface area contributed by atoms with E-state index in [0.717, 1.165) is 134 Å². The molecule has 2 amide bonds. The van der Waals surface area contributed by atoms with Crippen LogP contribution in [0.3, 0.4) is 0 Å². The van der Waals surface area contributed by atoms with E-state index in [9.17, 15) is 44.7 Å². The molecule has 0 bridgehead atoms. The van der Waals surface area contributed by atoms with E-state index in [1.807, 2.05) is 72.8 Å². The van der Waals surface area contributed by atoms with Gasteiger partial charge in [-0.05, 0) is 136 Å². The summed E-state index contributed by atoms with van der Waals surface area (Å²) in [5.41, 5.74) is 10.5. The van der Waals surface area contributed by atoms with Gasteiger partial charge in [-0.1, -0.05) is 72.8 Å². The standard InChI is InChI=1S/2C32H41FN4O.2C2HF3O2/c2*1-5-37(4,6-2)23-27-10-8-12-29(18-27)32(38)35-20-25-13-14-31(33)30(19-25)28-11-7-9-26(17-28)22-36-16-15-34-24(3)21-36;2*3-2(4,5)1(6)7/h2*7-14,17-19,24,34H,5-6,15-16,20-23H2,1-4H3;2*(H,6,7)/t2*24-;;/m00../s1. The lowest BCUT2D eigenvalue weighted by molar-refractivity contribution is -0.919. The Kier molecular flexibility index (Phi) is 27.6. The maximum absolute atomic E-state index is 14.9. The number of hydrogen-bond donors (Lipinski definition) is 4. The van der Waals surface area contributed by atoms with Crippen molar-refractivity contribution in [3.8, 4) is 22.3 Å². The lowest BCUT2D eigenvalue weighted by Crippen LogP contribution is -2.48. The molecule has 90 heavy (non-hydrogen) atoms. The molecule has 2 fully saturated rings. The number of quaternary nitrogens is 2. The first-order valence-corrected chi connectivity index (χ1v) is 30.1. The second-order valence-electron chi connectivity index (χ2n) is 23.4. The van der Waals surface area contributed by atoms with Crippen molar-refractivity contribution in [3.05, 3.63) is 190 Å². The van der Waals surface area contributed by atoms with Gasteiger partial charge in [0.15, 0.2) is 0 Å². The fourth-order valence-electron chi connectivity index (χ4n) is 10.3. The predicted molar refractivity (Wildman–Crippen MR) is 328 cm³/mol. The number of carbonyl (C=O) groups excluding carboxylic acids is 4. The Hall–Kier alpha value is -7.60. The van der Waals surface area contributed by atoms with Crippen molar-refractivity contribution in [1.82, 2.24) is 31.1 Å². The zero-order valence-electron chi connectivity index (χ0n) is 52.4. The van der Waals surface area contributed by atoms with Crippen molar-refractivity contribution in [3.63, 3.8) is 0 Å². The molecule has 2 aliphatic rings. The summed E-state index contributed by atoms with van der Waals surface area (Å²) in [6, 6.07) is 43.1. The number of halogens is 8. The minimum Gasteiger partial charge on any atom is -0.542 e. The molecule has 0 radical (unpaired) electrons. The average Bonchev–Trinajstić information content (AvgIpc) is 0.992. The molecule has 0 unspecified atom stereocenters. The normalized spacial score (nSPS) is 15.6. The van der Waals surface area contributed by atoms with Gasteiger partial charge in [0.1, 0.15) is 36.7 Å². The lowest BCUT2D eigenvalue weighted by atomic mass is 10.00. The maximum atomic E-state index is 14.9. The topological polar surface area (TPSA) is 169 Å². The molecule has 2 atom stereocenters. The van der Waals surface area contributed by atoms with Crippen LogP contribution in [0.4, 0.5) is 35.1 Å². The summed E-state index contributed by atoms with van der Waals surface area (Å²) in [4.78, 5) is 48.3. The molecule has 4 N–H and O–H groups in total. The Labute approximate surface area is 523 Å². The maximum Gasteiger partial charge on any atom is 0.430 e. The molecule has 8 rings (SSSR count). The highest BCUT2D eigenvalue weighted by atomic mass is 19.4. The highest BCUT2D eigenvalue weighted by molar-refractivity contribution is 5.95. The highest BCUT2D eigenvalue weighted by Crippen LogP contribution is 2.28. The van der Waals surface area contributed by atoms with Gasteiger partial charge in [0, 0.05) is 111 Å². The molecule has 6 aromatic carbocycles. The number of aliphatic carboxylic acids is 2. The minimum atomic E-state index is -5.19. The third-order valence-corrected chi connectivity index (χ3v) is 16.2. The molecule has 0 saturated carbocycles. The van der Waals surface area contributed by atoms with Crippen LogP contribution in [0.1, 0.15) is 95.6 Å². The zero-order valence-corrected chi connectivity index (χ0v) is 52.4. The first-order chi connectivity index (χ1) is 42.4. The van der Waals surface area contributed by atoms with Crippen molar-refractivity contribution < 1.29 is 73.5 Å². The number of rotatable bonds is 20. The molecule has 488 valence electrons. The van der Waals surface area contributed by atoms with Crippen molar-refractivity contribution in [2.75, 3.05) is 79.5 Å². The van der Waals surface area contributed by atoms with Crippen molar-refractivity contribution in [2.45, 2.75) is 105 Å². The van der Waals surface area contributed by atoms with Crippen LogP contribution in [0.15, 0.2) is 133 Å². The zero-order chi connectivity index (χ0) is 66.4. The van der Waals surface area contributed by atoms with Crippen LogP contribution in [0.5, 0.6) is 0 Å². The molecule has 22 heteroatoms. The summed E-state index contributed by atoms with van der Waals surface area (Å²) >= 11 is 0. The van der Waals surface area contributed by atoms with Crippen LogP contribution < -0.4 is 31.5 Å². The van der Waals surface area contributed by atoms with Gasteiger partial charge in [0.2, 0.25) is 0 Å². The van der Waals surface area contributed by atoms with Gasteiger partial charge >= 0.3 is 12.4 Å². The Morgan fingerprint density at radius 2 is 0.833 bits per heavy atom. The van der Waals surface area contributed by atoms with Gasteiger partial charge in [-0.25, -0.2) is 8.78 Å². The quantitative estimate of drug-likeness (QED) is 0.0428. The Bertz CT molecular complexity index is 3100. The molecule has 2 saturated heterocycles. The summed E-state index contributed by atoms with van der Waals surface area (Å²) in [5.74, 6) is -6.76. The molecular formula is C68H84F8N8O6. The number of amides is 2. The van der Waals surface area contributed by atoms with Crippen LogP contribution in [-0.2, 0) is 48.9 Å². The van der Waals surface area contributed by atoms with E-state index in [1.54, 1.807) is 12.1 Å². The Balaban J connectivity index is 0.000000270. The van der Waals surface area contributed by atoms with E-state index in [2.05, 4.69) is 123 Å². The van der Waals surface area contributed by atoms with Gasteiger partial charge in [0.05, 0.1) is 40.3 Å². The van der Waals surface area contributed by atoms with Gasteiger partial charge in [-0.3, -0.25) is 19.4 Å². The fraction of sp³-hybridized carbons (Fsp3) is 0.412. The number of alkyl halides is 6.